The van der Waals surface area contributed by atoms with Crippen LogP contribution in [0, 0.1) is 0 Å². The Morgan fingerprint density at radius 2 is 1.50 bits per heavy atom. The molecule has 0 saturated carbocycles. The molecule has 4 rings (SSSR count). The summed E-state index contributed by atoms with van der Waals surface area (Å²) in [6.45, 7) is 6.49. The van der Waals surface area contributed by atoms with E-state index in [1.165, 1.54) is 17.2 Å². The van der Waals surface area contributed by atoms with Crippen molar-refractivity contribution in [3.05, 3.63) is 81.1 Å². The Labute approximate surface area is 174 Å². The molecule has 30 heavy (non-hydrogen) atoms. The van der Waals surface area contributed by atoms with Crippen LogP contribution in [0.2, 0.25) is 0 Å². The highest BCUT2D eigenvalue weighted by Gasteiger charge is 2.21. The lowest BCUT2D eigenvalue weighted by Gasteiger charge is -2.19. The summed E-state index contributed by atoms with van der Waals surface area (Å²) in [6, 6.07) is 15.7. The summed E-state index contributed by atoms with van der Waals surface area (Å²) < 4.78 is 4.56. The molecule has 2 heterocycles. The van der Waals surface area contributed by atoms with Crippen LogP contribution in [0.1, 0.15) is 26.3 Å². The third-order valence-corrected chi connectivity index (χ3v) is 5.66. The van der Waals surface area contributed by atoms with Crippen molar-refractivity contribution in [2.75, 3.05) is 5.73 Å². The smallest absolute Gasteiger partial charge is 0.330 e. The molecular weight excluding hydrogens is 376 g/mol. The molecule has 0 amide bonds. The monoisotopic (exact) mass is 402 g/mol. The molecule has 0 bridgehead atoms. The second-order valence-corrected chi connectivity index (χ2v) is 8.70. The third kappa shape index (κ3) is 2.96. The quantitative estimate of drug-likeness (QED) is 0.521. The molecular formula is C24H26N4O2. The van der Waals surface area contributed by atoms with E-state index in [4.69, 9.17) is 5.73 Å². The van der Waals surface area contributed by atoms with Gasteiger partial charge >= 0.3 is 5.69 Å². The zero-order valence-corrected chi connectivity index (χ0v) is 17.9. The van der Waals surface area contributed by atoms with Gasteiger partial charge in [-0.05, 0) is 28.7 Å². The number of para-hydroxylation sites is 2. The van der Waals surface area contributed by atoms with Gasteiger partial charge in [0.15, 0.2) is 0 Å². The summed E-state index contributed by atoms with van der Waals surface area (Å²) in [7, 11) is 3.18. The van der Waals surface area contributed by atoms with Gasteiger partial charge in [0, 0.05) is 20.3 Å². The van der Waals surface area contributed by atoms with Gasteiger partial charge in [-0.25, -0.2) is 4.79 Å². The van der Waals surface area contributed by atoms with Crippen molar-refractivity contribution in [3.63, 3.8) is 0 Å². The van der Waals surface area contributed by atoms with Crippen LogP contribution < -0.4 is 17.0 Å². The first-order chi connectivity index (χ1) is 14.1. The maximum atomic E-state index is 13.2. The van der Waals surface area contributed by atoms with Crippen LogP contribution in [0.3, 0.4) is 0 Å². The summed E-state index contributed by atoms with van der Waals surface area (Å²) in [5.74, 6) is 0. The van der Waals surface area contributed by atoms with Gasteiger partial charge in [-0.3, -0.25) is 13.9 Å². The molecule has 0 radical (unpaired) electrons. The predicted molar refractivity (Wildman–Crippen MR) is 122 cm³/mol. The van der Waals surface area contributed by atoms with Crippen molar-refractivity contribution in [1.82, 2.24) is 13.7 Å². The first-order valence-corrected chi connectivity index (χ1v) is 9.88. The van der Waals surface area contributed by atoms with E-state index in [0.717, 1.165) is 21.5 Å². The number of nitrogens with two attached hydrogens (primary N) is 1. The molecule has 154 valence electrons. The molecule has 0 fully saturated rings. The van der Waals surface area contributed by atoms with Gasteiger partial charge in [0.2, 0.25) is 0 Å². The van der Waals surface area contributed by atoms with Crippen LogP contribution in [0.25, 0.3) is 27.8 Å². The van der Waals surface area contributed by atoms with E-state index in [9.17, 15) is 9.59 Å². The van der Waals surface area contributed by atoms with Crippen molar-refractivity contribution < 1.29 is 0 Å². The fraction of sp³-hybridized carbons (Fsp3) is 0.250. The van der Waals surface area contributed by atoms with E-state index in [1.54, 1.807) is 7.05 Å². The van der Waals surface area contributed by atoms with E-state index in [1.807, 2.05) is 47.2 Å². The summed E-state index contributed by atoms with van der Waals surface area (Å²) in [5.41, 5.74) is 10.3. The van der Waals surface area contributed by atoms with E-state index in [2.05, 4.69) is 32.9 Å². The van der Waals surface area contributed by atoms with Crippen LogP contribution in [-0.2, 0) is 19.5 Å². The van der Waals surface area contributed by atoms with E-state index in [0.29, 0.717) is 16.6 Å². The molecule has 0 aliphatic rings. The average molecular weight is 402 g/mol. The Morgan fingerprint density at radius 3 is 2.10 bits per heavy atom. The van der Waals surface area contributed by atoms with Crippen LogP contribution >= 0.6 is 0 Å². The zero-order chi connectivity index (χ0) is 21.8. The van der Waals surface area contributed by atoms with Gasteiger partial charge in [-0.1, -0.05) is 57.2 Å². The second kappa shape index (κ2) is 6.76. The molecule has 6 nitrogen and oxygen atoms in total. The number of fused-ring (bicyclic) bond motifs is 1. The summed E-state index contributed by atoms with van der Waals surface area (Å²) in [4.78, 5) is 25.7. The lowest BCUT2D eigenvalue weighted by molar-refractivity contribution is 0.590. The molecule has 0 atom stereocenters. The minimum Gasteiger partial charge on any atom is -0.397 e. The standard InChI is InChI=1S/C24H26N4O2/c1-24(2,3)16-12-10-15(11-13-16)21-20-19(26(4)23(30)27(5)22(20)29)14-28(21)18-9-7-6-8-17(18)25/h6-14H,25H2,1-5H3. The molecule has 0 unspecified atom stereocenters. The number of aryl methyl sites for hydroxylation is 1. The summed E-state index contributed by atoms with van der Waals surface area (Å²) in [5, 5.41) is 0.492. The number of benzene rings is 2. The largest absolute Gasteiger partial charge is 0.397 e. The predicted octanol–water partition coefficient (Wildman–Crippen LogP) is 3.57. The second-order valence-electron chi connectivity index (χ2n) is 8.70. The van der Waals surface area contributed by atoms with Gasteiger partial charge in [0.1, 0.15) is 0 Å². The summed E-state index contributed by atoms with van der Waals surface area (Å²) >= 11 is 0. The van der Waals surface area contributed by atoms with Crippen LogP contribution in [0.4, 0.5) is 5.69 Å². The maximum absolute atomic E-state index is 13.2. The molecule has 2 aromatic heterocycles. The molecule has 6 heteroatoms. The SMILES string of the molecule is Cn1c(=O)c2c(-c3ccc(C(C)(C)C)cc3)n(-c3ccccc3N)cc2n(C)c1=O. The Morgan fingerprint density at radius 1 is 0.867 bits per heavy atom. The van der Waals surface area contributed by atoms with E-state index >= 15 is 0 Å². The van der Waals surface area contributed by atoms with Gasteiger partial charge < -0.3 is 10.3 Å². The molecule has 0 saturated heterocycles. The van der Waals surface area contributed by atoms with Crippen molar-refractivity contribution in [1.29, 1.82) is 0 Å². The normalized spacial score (nSPS) is 11.9. The van der Waals surface area contributed by atoms with Gasteiger partial charge in [0.25, 0.3) is 5.56 Å². The molecule has 2 aromatic carbocycles. The molecule has 0 aliphatic heterocycles. The lowest BCUT2D eigenvalue weighted by atomic mass is 9.86. The third-order valence-electron chi connectivity index (χ3n) is 5.66. The minimum atomic E-state index is -0.361. The lowest BCUT2D eigenvalue weighted by Crippen LogP contribution is -2.36. The first-order valence-electron chi connectivity index (χ1n) is 9.88. The number of aromatic nitrogens is 3. The van der Waals surface area contributed by atoms with Crippen molar-refractivity contribution >= 4 is 16.6 Å². The number of nitrogen functional groups attached to an aromatic ring is 1. The van der Waals surface area contributed by atoms with Gasteiger partial charge in [-0.15, -0.1) is 0 Å². The average Bonchev–Trinajstić information content (AvgIpc) is 3.11. The van der Waals surface area contributed by atoms with Crippen molar-refractivity contribution in [2.45, 2.75) is 26.2 Å². The van der Waals surface area contributed by atoms with E-state index in [-0.39, 0.29) is 16.7 Å². The fourth-order valence-corrected chi connectivity index (χ4v) is 3.85. The Kier molecular flexibility index (Phi) is 4.45. The fourth-order valence-electron chi connectivity index (χ4n) is 3.85. The van der Waals surface area contributed by atoms with Crippen molar-refractivity contribution in [3.8, 4) is 16.9 Å². The molecule has 0 aliphatic carbocycles. The first kappa shape index (κ1) is 19.8. The summed E-state index contributed by atoms with van der Waals surface area (Å²) in [6.07, 6.45) is 1.82. The van der Waals surface area contributed by atoms with Crippen LogP contribution in [0.15, 0.2) is 64.3 Å². The van der Waals surface area contributed by atoms with Crippen LogP contribution in [0.5, 0.6) is 0 Å². The van der Waals surface area contributed by atoms with Gasteiger partial charge in [-0.2, -0.15) is 0 Å². The number of hydrogen-bond donors (Lipinski definition) is 1. The minimum absolute atomic E-state index is 0.0203. The molecule has 0 spiro atoms. The maximum Gasteiger partial charge on any atom is 0.330 e. The Balaban J connectivity index is 2.14. The number of rotatable bonds is 2. The Bertz CT molecular complexity index is 1380. The number of hydrogen-bond acceptors (Lipinski definition) is 3. The van der Waals surface area contributed by atoms with Crippen molar-refractivity contribution in [2.24, 2.45) is 14.1 Å². The number of nitrogens with zero attached hydrogens (tertiary/aromatic N) is 3. The highest BCUT2D eigenvalue weighted by molar-refractivity contribution is 5.95. The molecule has 4 aromatic rings. The molecule has 2 N–H and O–H groups in total. The van der Waals surface area contributed by atoms with Gasteiger partial charge in [0.05, 0.1) is 28.0 Å². The Hall–Kier alpha value is -3.54. The highest BCUT2D eigenvalue weighted by Crippen LogP contribution is 2.34. The topological polar surface area (TPSA) is 75.0 Å². The van der Waals surface area contributed by atoms with Crippen LogP contribution in [-0.4, -0.2) is 13.7 Å². The number of anilines is 1. The highest BCUT2D eigenvalue weighted by atomic mass is 16.2. The van der Waals surface area contributed by atoms with E-state index < -0.39 is 0 Å². The zero-order valence-electron chi connectivity index (χ0n) is 17.9.